The van der Waals surface area contributed by atoms with Gasteiger partial charge >= 0.3 is 0 Å². The molecule has 4 rings (SSSR count). The highest BCUT2D eigenvalue weighted by Gasteiger charge is 2.34. The number of amides is 2. The Morgan fingerprint density at radius 2 is 2.00 bits per heavy atom. The van der Waals surface area contributed by atoms with E-state index in [4.69, 9.17) is 0 Å². The molecule has 0 atom stereocenters. The molecule has 2 heterocycles. The smallest absolute Gasteiger partial charge is 0.235 e. The number of benzene rings is 1. The first-order valence-corrected chi connectivity index (χ1v) is 12.4. The second-order valence-corrected chi connectivity index (χ2v) is 10.1. The van der Waals surface area contributed by atoms with Crippen molar-refractivity contribution >= 4 is 45.9 Å². The quantitative estimate of drug-likeness (QED) is 0.384. The number of carbonyl (C=O) groups is 2. The highest BCUT2D eigenvalue weighted by Crippen LogP contribution is 2.36. The van der Waals surface area contributed by atoms with Gasteiger partial charge in [-0.25, -0.2) is 0 Å². The molecular weight excluding hydrogens is 456 g/mol. The Kier molecular flexibility index (Phi) is 6.81. The average molecular weight is 481 g/mol. The molecule has 1 fully saturated rings. The third-order valence-corrected chi connectivity index (χ3v) is 7.62. The Hall–Kier alpha value is -3.16. The molecule has 0 aliphatic heterocycles. The maximum Gasteiger partial charge on any atom is 0.235 e. The number of aromatic nitrogens is 3. The molecule has 1 aliphatic carbocycles. The first-order valence-electron chi connectivity index (χ1n) is 10.6. The second-order valence-electron chi connectivity index (χ2n) is 7.93. The van der Waals surface area contributed by atoms with Gasteiger partial charge in [-0.15, -0.1) is 10.2 Å². The molecule has 1 saturated carbocycles. The number of nitrogens with one attached hydrogen (secondary N) is 1. The fourth-order valence-corrected chi connectivity index (χ4v) is 5.39. The summed E-state index contributed by atoms with van der Waals surface area (Å²) in [6.45, 7) is 5.93. The van der Waals surface area contributed by atoms with Gasteiger partial charge in [-0.2, -0.15) is 5.26 Å². The van der Waals surface area contributed by atoms with E-state index in [9.17, 15) is 14.9 Å². The van der Waals surface area contributed by atoms with E-state index in [2.05, 4.69) is 21.6 Å². The zero-order valence-corrected chi connectivity index (χ0v) is 20.3. The van der Waals surface area contributed by atoms with Crippen LogP contribution in [0.1, 0.15) is 42.1 Å². The minimum Gasteiger partial charge on any atom is -0.326 e. The summed E-state index contributed by atoms with van der Waals surface area (Å²) in [6.07, 6.45) is 1.96. The van der Waals surface area contributed by atoms with Crippen LogP contribution in [0.5, 0.6) is 0 Å². The highest BCUT2D eigenvalue weighted by atomic mass is 32.2. The highest BCUT2D eigenvalue weighted by molar-refractivity contribution is 8.01. The van der Waals surface area contributed by atoms with Crippen molar-refractivity contribution in [3.05, 3.63) is 52.7 Å². The largest absolute Gasteiger partial charge is 0.326 e. The molecule has 170 valence electrons. The minimum absolute atomic E-state index is 0.0445. The standard InChI is InChI=1S/C23H24N6O2S2/c1-14-15(2)28(12-17-7-5-4-6-8-17)21(19(14)11-24)25-20(31)13-32-23-27-26-22(33-23)29(16(3)30)18-9-10-18/h4-8,18H,9-10,12-13H2,1-3H3,(H,25,31). The van der Waals surface area contributed by atoms with Crippen LogP contribution in [-0.4, -0.2) is 38.4 Å². The summed E-state index contributed by atoms with van der Waals surface area (Å²) in [6, 6.07) is 12.4. The summed E-state index contributed by atoms with van der Waals surface area (Å²) >= 11 is 2.58. The van der Waals surface area contributed by atoms with Crippen LogP contribution in [0.3, 0.4) is 0 Å². The van der Waals surface area contributed by atoms with E-state index in [1.54, 1.807) is 4.90 Å². The van der Waals surface area contributed by atoms with E-state index in [0.717, 1.165) is 29.7 Å². The molecule has 0 saturated heterocycles. The average Bonchev–Trinajstić information content (AvgIpc) is 3.47. The molecule has 33 heavy (non-hydrogen) atoms. The monoisotopic (exact) mass is 480 g/mol. The molecule has 10 heteroatoms. The maximum absolute atomic E-state index is 12.8. The Balaban J connectivity index is 1.46. The van der Waals surface area contributed by atoms with Crippen molar-refractivity contribution in [2.75, 3.05) is 16.0 Å². The number of rotatable bonds is 8. The van der Waals surface area contributed by atoms with Gasteiger partial charge in [0, 0.05) is 25.2 Å². The number of nitrogens with zero attached hydrogens (tertiary/aromatic N) is 5. The zero-order valence-electron chi connectivity index (χ0n) is 18.7. The molecule has 0 bridgehead atoms. The normalized spacial score (nSPS) is 12.9. The van der Waals surface area contributed by atoms with Gasteiger partial charge in [0.05, 0.1) is 11.3 Å². The van der Waals surface area contributed by atoms with Crippen LogP contribution in [0.4, 0.5) is 10.9 Å². The Morgan fingerprint density at radius 1 is 1.27 bits per heavy atom. The van der Waals surface area contributed by atoms with Gasteiger partial charge in [0.15, 0.2) is 4.34 Å². The fourth-order valence-electron chi connectivity index (χ4n) is 3.63. The third-order valence-electron chi connectivity index (χ3n) is 5.56. The zero-order chi connectivity index (χ0) is 23.5. The van der Waals surface area contributed by atoms with Gasteiger partial charge < -0.3 is 9.88 Å². The number of hydrogen-bond donors (Lipinski definition) is 1. The number of carbonyl (C=O) groups excluding carboxylic acids is 2. The van der Waals surface area contributed by atoms with Crippen molar-refractivity contribution < 1.29 is 9.59 Å². The fraction of sp³-hybridized carbons (Fsp3) is 0.348. The summed E-state index contributed by atoms with van der Waals surface area (Å²) in [5.74, 6) is 0.358. The van der Waals surface area contributed by atoms with Crippen LogP contribution in [0.15, 0.2) is 34.7 Å². The third kappa shape index (κ3) is 5.10. The van der Waals surface area contributed by atoms with E-state index in [0.29, 0.717) is 27.4 Å². The lowest BCUT2D eigenvalue weighted by atomic mass is 10.2. The van der Waals surface area contributed by atoms with E-state index in [1.807, 2.05) is 48.7 Å². The lowest BCUT2D eigenvalue weighted by molar-refractivity contribution is -0.116. The van der Waals surface area contributed by atoms with Gasteiger partial charge in [-0.1, -0.05) is 53.4 Å². The van der Waals surface area contributed by atoms with Crippen molar-refractivity contribution in [1.82, 2.24) is 14.8 Å². The molecule has 1 aliphatic rings. The second kappa shape index (κ2) is 9.77. The van der Waals surface area contributed by atoms with Crippen molar-refractivity contribution in [2.45, 2.75) is 50.5 Å². The molecule has 3 aromatic rings. The van der Waals surface area contributed by atoms with Crippen LogP contribution in [0.25, 0.3) is 0 Å². The molecule has 8 nitrogen and oxygen atoms in total. The molecule has 1 aromatic carbocycles. The van der Waals surface area contributed by atoms with Gasteiger partial charge in [0.1, 0.15) is 11.9 Å². The maximum atomic E-state index is 12.8. The van der Waals surface area contributed by atoms with Crippen LogP contribution in [0, 0.1) is 25.2 Å². The van der Waals surface area contributed by atoms with Crippen molar-refractivity contribution in [1.29, 1.82) is 5.26 Å². The first-order chi connectivity index (χ1) is 15.9. The van der Waals surface area contributed by atoms with Crippen LogP contribution in [0.2, 0.25) is 0 Å². The van der Waals surface area contributed by atoms with Gasteiger partial charge in [0.2, 0.25) is 16.9 Å². The van der Waals surface area contributed by atoms with E-state index in [-0.39, 0.29) is 23.6 Å². The topological polar surface area (TPSA) is 104 Å². The number of anilines is 2. The first kappa shape index (κ1) is 23.0. The molecule has 0 radical (unpaired) electrons. The van der Waals surface area contributed by atoms with E-state index < -0.39 is 0 Å². The number of hydrogen-bond acceptors (Lipinski definition) is 7. The summed E-state index contributed by atoms with van der Waals surface area (Å²) in [4.78, 5) is 26.4. The summed E-state index contributed by atoms with van der Waals surface area (Å²) in [7, 11) is 0. The Morgan fingerprint density at radius 3 is 2.64 bits per heavy atom. The summed E-state index contributed by atoms with van der Waals surface area (Å²) in [5, 5.41) is 21.5. The minimum atomic E-state index is -0.231. The Bertz CT molecular complexity index is 1220. The van der Waals surface area contributed by atoms with Crippen molar-refractivity contribution in [2.24, 2.45) is 0 Å². The predicted molar refractivity (Wildman–Crippen MR) is 130 cm³/mol. The van der Waals surface area contributed by atoms with E-state index in [1.165, 1.54) is 30.0 Å². The molecule has 2 aromatic heterocycles. The van der Waals surface area contributed by atoms with Crippen molar-refractivity contribution in [3.63, 3.8) is 0 Å². The van der Waals surface area contributed by atoms with Crippen LogP contribution < -0.4 is 10.2 Å². The molecule has 1 N–H and O–H groups in total. The lowest BCUT2D eigenvalue weighted by Crippen LogP contribution is -2.30. The lowest BCUT2D eigenvalue weighted by Gasteiger charge is -2.15. The summed E-state index contributed by atoms with van der Waals surface area (Å²) < 4.78 is 2.59. The number of thioether (sulfide) groups is 1. The van der Waals surface area contributed by atoms with Gasteiger partial charge in [0.25, 0.3) is 0 Å². The van der Waals surface area contributed by atoms with Crippen LogP contribution >= 0.6 is 23.1 Å². The molecule has 2 amide bonds. The molecular formula is C23H24N6O2S2. The van der Waals surface area contributed by atoms with Gasteiger partial charge in [-0.3, -0.25) is 14.5 Å². The SMILES string of the molecule is CC(=O)N(c1nnc(SCC(=O)Nc2c(C#N)c(C)c(C)n2Cc2ccccc2)s1)C1CC1. The molecule has 0 spiro atoms. The molecule has 0 unspecified atom stereocenters. The van der Waals surface area contributed by atoms with Crippen molar-refractivity contribution in [3.8, 4) is 6.07 Å². The number of nitriles is 1. The van der Waals surface area contributed by atoms with Gasteiger partial charge in [-0.05, 0) is 37.8 Å². The summed E-state index contributed by atoms with van der Waals surface area (Å²) in [5.41, 5.74) is 3.35. The van der Waals surface area contributed by atoms with Crippen LogP contribution in [-0.2, 0) is 16.1 Å². The Labute approximate surface area is 200 Å². The predicted octanol–water partition coefficient (Wildman–Crippen LogP) is 4.12. The van der Waals surface area contributed by atoms with E-state index >= 15 is 0 Å².